The maximum absolute atomic E-state index is 11.1. The first-order valence-electron chi connectivity index (χ1n) is 4.92. The highest BCUT2D eigenvalue weighted by atomic mass is 16.1. The highest BCUT2D eigenvalue weighted by Crippen LogP contribution is 2.24. The Kier molecular flexibility index (Phi) is 3.12. The third-order valence-corrected chi connectivity index (χ3v) is 2.61. The monoisotopic (exact) mass is 169 g/mol. The van der Waals surface area contributed by atoms with Gasteiger partial charge in [0.05, 0.1) is 0 Å². The van der Waals surface area contributed by atoms with Crippen molar-refractivity contribution in [3.05, 3.63) is 0 Å². The Morgan fingerprint density at radius 2 is 2.25 bits per heavy atom. The molecular formula is C10H19NO. The standard InChI is InChI=1S/C10H19NO/c1-4-8-6-10(12)11-9(8)5-7(2)3/h7-9H,4-6H2,1-3H3,(H,11,12). The number of nitrogens with one attached hydrogen (secondary N) is 1. The molecule has 2 heteroatoms. The summed E-state index contributed by atoms with van der Waals surface area (Å²) in [5.41, 5.74) is 0. The van der Waals surface area contributed by atoms with E-state index in [1.54, 1.807) is 0 Å². The summed E-state index contributed by atoms with van der Waals surface area (Å²) in [5, 5.41) is 3.05. The van der Waals surface area contributed by atoms with Gasteiger partial charge in [-0.05, 0) is 18.3 Å². The molecule has 1 rings (SSSR count). The van der Waals surface area contributed by atoms with Crippen LogP contribution in [0.2, 0.25) is 0 Å². The summed E-state index contributed by atoms with van der Waals surface area (Å²) < 4.78 is 0. The second-order valence-electron chi connectivity index (χ2n) is 4.18. The fourth-order valence-corrected chi connectivity index (χ4v) is 1.95. The molecule has 2 atom stereocenters. The van der Waals surface area contributed by atoms with E-state index >= 15 is 0 Å². The largest absolute Gasteiger partial charge is 0.353 e. The minimum Gasteiger partial charge on any atom is -0.353 e. The quantitative estimate of drug-likeness (QED) is 0.687. The smallest absolute Gasteiger partial charge is 0.220 e. The first-order valence-corrected chi connectivity index (χ1v) is 4.92. The Morgan fingerprint density at radius 1 is 1.58 bits per heavy atom. The molecule has 2 nitrogen and oxygen atoms in total. The zero-order valence-electron chi connectivity index (χ0n) is 8.26. The predicted molar refractivity (Wildman–Crippen MR) is 49.8 cm³/mol. The van der Waals surface area contributed by atoms with Gasteiger partial charge < -0.3 is 5.32 Å². The molecule has 1 aliphatic heterocycles. The summed E-state index contributed by atoms with van der Waals surface area (Å²) in [6, 6.07) is 0.447. The van der Waals surface area contributed by atoms with Crippen LogP contribution in [0.1, 0.15) is 40.0 Å². The normalized spacial score (nSPS) is 29.5. The van der Waals surface area contributed by atoms with Gasteiger partial charge in [0.1, 0.15) is 0 Å². The zero-order chi connectivity index (χ0) is 9.14. The van der Waals surface area contributed by atoms with Gasteiger partial charge in [0.15, 0.2) is 0 Å². The minimum absolute atomic E-state index is 0.243. The van der Waals surface area contributed by atoms with Gasteiger partial charge >= 0.3 is 0 Å². The molecule has 0 aromatic rings. The second-order valence-corrected chi connectivity index (χ2v) is 4.18. The topological polar surface area (TPSA) is 29.1 Å². The van der Waals surface area contributed by atoms with Gasteiger partial charge in [-0.1, -0.05) is 27.2 Å². The Morgan fingerprint density at radius 3 is 2.75 bits per heavy atom. The third kappa shape index (κ3) is 2.23. The Hall–Kier alpha value is -0.530. The van der Waals surface area contributed by atoms with Crippen molar-refractivity contribution in [2.24, 2.45) is 11.8 Å². The van der Waals surface area contributed by atoms with Crippen molar-refractivity contribution in [2.45, 2.75) is 46.1 Å². The first kappa shape index (κ1) is 9.56. The molecule has 0 spiro atoms. The van der Waals surface area contributed by atoms with E-state index in [1.807, 2.05) is 0 Å². The lowest BCUT2D eigenvalue weighted by atomic mass is 9.91. The lowest BCUT2D eigenvalue weighted by Gasteiger charge is -2.18. The fraction of sp³-hybridized carbons (Fsp3) is 0.900. The minimum atomic E-state index is 0.243. The molecule has 0 aromatic carbocycles. The van der Waals surface area contributed by atoms with Crippen molar-refractivity contribution in [2.75, 3.05) is 0 Å². The van der Waals surface area contributed by atoms with Gasteiger partial charge in [-0.3, -0.25) is 4.79 Å². The van der Waals surface area contributed by atoms with Crippen molar-refractivity contribution in [1.29, 1.82) is 0 Å². The molecule has 1 heterocycles. The van der Waals surface area contributed by atoms with Crippen LogP contribution >= 0.6 is 0 Å². The molecule has 1 saturated heterocycles. The van der Waals surface area contributed by atoms with Crippen molar-refractivity contribution in [1.82, 2.24) is 5.32 Å². The van der Waals surface area contributed by atoms with Crippen LogP contribution in [0.15, 0.2) is 0 Å². The lowest BCUT2D eigenvalue weighted by molar-refractivity contribution is -0.119. The number of hydrogen-bond donors (Lipinski definition) is 1. The molecular weight excluding hydrogens is 150 g/mol. The molecule has 0 radical (unpaired) electrons. The fourth-order valence-electron chi connectivity index (χ4n) is 1.95. The van der Waals surface area contributed by atoms with Gasteiger partial charge in [0.2, 0.25) is 5.91 Å². The SMILES string of the molecule is CCC1CC(=O)NC1CC(C)C. The summed E-state index contributed by atoms with van der Waals surface area (Å²) in [4.78, 5) is 11.1. The van der Waals surface area contributed by atoms with Crippen LogP contribution in [0.4, 0.5) is 0 Å². The van der Waals surface area contributed by atoms with E-state index in [1.165, 1.54) is 0 Å². The summed E-state index contributed by atoms with van der Waals surface area (Å²) in [5.74, 6) is 1.51. The number of rotatable bonds is 3. The number of carbonyl (C=O) groups is 1. The van der Waals surface area contributed by atoms with E-state index in [2.05, 4.69) is 26.1 Å². The van der Waals surface area contributed by atoms with E-state index in [0.717, 1.165) is 19.3 Å². The van der Waals surface area contributed by atoms with Crippen LogP contribution in [0.5, 0.6) is 0 Å². The van der Waals surface area contributed by atoms with Crippen LogP contribution in [0, 0.1) is 11.8 Å². The van der Waals surface area contributed by atoms with Crippen LogP contribution in [-0.4, -0.2) is 11.9 Å². The molecule has 2 unspecified atom stereocenters. The van der Waals surface area contributed by atoms with Crippen molar-refractivity contribution in [3.63, 3.8) is 0 Å². The van der Waals surface area contributed by atoms with Crippen LogP contribution in [0.3, 0.4) is 0 Å². The van der Waals surface area contributed by atoms with Gasteiger partial charge in [-0.15, -0.1) is 0 Å². The van der Waals surface area contributed by atoms with E-state index in [-0.39, 0.29) is 5.91 Å². The Labute approximate surface area is 74.7 Å². The number of carbonyl (C=O) groups excluding carboxylic acids is 1. The number of amides is 1. The summed E-state index contributed by atoms with van der Waals surface area (Å²) in [6.07, 6.45) is 2.99. The molecule has 0 aliphatic carbocycles. The van der Waals surface area contributed by atoms with Crippen LogP contribution < -0.4 is 5.32 Å². The average Bonchev–Trinajstić information content (AvgIpc) is 2.29. The van der Waals surface area contributed by atoms with Crippen LogP contribution in [-0.2, 0) is 4.79 Å². The van der Waals surface area contributed by atoms with E-state index in [0.29, 0.717) is 17.9 Å². The van der Waals surface area contributed by atoms with Gasteiger partial charge in [-0.2, -0.15) is 0 Å². The second kappa shape index (κ2) is 3.92. The summed E-state index contributed by atoms with van der Waals surface area (Å²) >= 11 is 0. The Bertz CT molecular complexity index is 165. The van der Waals surface area contributed by atoms with Gasteiger partial charge in [-0.25, -0.2) is 0 Å². The van der Waals surface area contributed by atoms with Crippen molar-refractivity contribution >= 4 is 5.91 Å². The molecule has 1 amide bonds. The maximum atomic E-state index is 11.1. The molecule has 12 heavy (non-hydrogen) atoms. The van der Waals surface area contributed by atoms with E-state index in [9.17, 15) is 4.79 Å². The third-order valence-electron chi connectivity index (χ3n) is 2.61. The number of hydrogen-bond acceptors (Lipinski definition) is 1. The molecule has 0 saturated carbocycles. The van der Waals surface area contributed by atoms with Gasteiger partial charge in [0.25, 0.3) is 0 Å². The predicted octanol–water partition coefficient (Wildman–Crippen LogP) is 1.95. The van der Waals surface area contributed by atoms with Crippen molar-refractivity contribution < 1.29 is 4.79 Å². The van der Waals surface area contributed by atoms with Gasteiger partial charge in [0, 0.05) is 12.5 Å². The van der Waals surface area contributed by atoms with E-state index < -0.39 is 0 Å². The molecule has 0 bridgehead atoms. The average molecular weight is 169 g/mol. The highest BCUT2D eigenvalue weighted by Gasteiger charge is 2.30. The highest BCUT2D eigenvalue weighted by molar-refractivity contribution is 5.78. The molecule has 1 aliphatic rings. The first-order chi connectivity index (χ1) is 5.63. The van der Waals surface area contributed by atoms with Crippen LogP contribution in [0.25, 0.3) is 0 Å². The lowest BCUT2D eigenvalue weighted by Crippen LogP contribution is -2.30. The summed E-state index contributed by atoms with van der Waals surface area (Å²) in [6.45, 7) is 6.58. The molecule has 1 fully saturated rings. The molecule has 1 N–H and O–H groups in total. The zero-order valence-corrected chi connectivity index (χ0v) is 8.26. The molecule has 0 aromatic heterocycles. The summed E-state index contributed by atoms with van der Waals surface area (Å²) in [7, 11) is 0. The van der Waals surface area contributed by atoms with Crippen molar-refractivity contribution in [3.8, 4) is 0 Å². The molecule has 70 valence electrons. The maximum Gasteiger partial charge on any atom is 0.220 e. The van der Waals surface area contributed by atoms with E-state index in [4.69, 9.17) is 0 Å². The Balaban J connectivity index is 2.46.